The number of alkyl halides is 3. The third-order valence-corrected chi connectivity index (χ3v) is 2.48. The molecule has 6 heteroatoms. The van der Waals surface area contributed by atoms with Crippen molar-refractivity contribution in [1.29, 1.82) is 0 Å². The molecule has 0 radical (unpaired) electrons. The number of carbonyl (C=O) groups is 1. The monoisotopic (exact) mass is 283 g/mol. The van der Waals surface area contributed by atoms with Crippen molar-refractivity contribution >= 4 is 33.8 Å². The Morgan fingerprint density at radius 2 is 2.29 bits per heavy atom. The van der Waals surface area contributed by atoms with Crippen LogP contribution in [-0.2, 0) is 5.88 Å². The third-order valence-electron chi connectivity index (χ3n) is 1.55. The average molecular weight is 284 g/mol. The van der Waals surface area contributed by atoms with E-state index in [0.717, 1.165) is 0 Å². The molecule has 0 aliphatic carbocycles. The Bertz CT molecular complexity index is 359. The summed E-state index contributed by atoms with van der Waals surface area (Å²) >= 11 is 8.46. The first-order valence-corrected chi connectivity index (χ1v) is 4.91. The fourth-order valence-electron chi connectivity index (χ4n) is 0.945. The highest BCUT2D eigenvalue weighted by molar-refractivity contribution is 9.10. The van der Waals surface area contributed by atoms with Gasteiger partial charge in [0.1, 0.15) is 5.69 Å². The molecule has 0 amide bonds. The highest BCUT2D eigenvalue weighted by Gasteiger charge is 2.18. The highest BCUT2D eigenvalue weighted by Crippen LogP contribution is 2.26. The Labute approximate surface area is 92.4 Å². The maximum Gasteiger partial charge on any atom is 0.281 e. The van der Waals surface area contributed by atoms with Gasteiger partial charge in [-0.15, -0.1) is 11.6 Å². The van der Waals surface area contributed by atoms with Gasteiger partial charge in [-0.25, -0.2) is 13.8 Å². The number of carbonyl (C=O) groups excluding carboxylic acids is 1. The van der Waals surface area contributed by atoms with Crippen LogP contribution in [0.25, 0.3) is 0 Å². The SMILES string of the molecule is O=Cc1c(Br)cc(CCl)nc1C(F)F. The Morgan fingerprint density at radius 1 is 1.64 bits per heavy atom. The topological polar surface area (TPSA) is 30.0 Å². The fraction of sp³-hybridized carbons (Fsp3) is 0.250. The molecule has 1 rings (SSSR count). The fourth-order valence-corrected chi connectivity index (χ4v) is 1.64. The molecule has 0 N–H and O–H groups in total. The lowest BCUT2D eigenvalue weighted by Gasteiger charge is -2.06. The van der Waals surface area contributed by atoms with E-state index in [9.17, 15) is 13.6 Å². The number of nitrogens with zero attached hydrogens (tertiary/aromatic N) is 1. The molecule has 1 aromatic heterocycles. The Balaban J connectivity index is 3.35. The van der Waals surface area contributed by atoms with Crippen LogP contribution in [0.1, 0.15) is 28.2 Å². The summed E-state index contributed by atoms with van der Waals surface area (Å²) in [5.41, 5.74) is -0.363. The Hall–Kier alpha value is -0.550. The van der Waals surface area contributed by atoms with Crippen molar-refractivity contribution in [2.45, 2.75) is 12.3 Å². The largest absolute Gasteiger partial charge is 0.298 e. The van der Waals surface area contributed by atoms with Crippen molar-refractivity contribution in [3.05, 3.63) is 27.5 Å². The second kappa shape index (κ2) is 4.79. The van der Waals surface area contributed by atoms with Crippen molar-refractivity contribution in [3.8, 4) is 0 Å². The third kappa shape index (κ3) is 2.27. The van der Waals surface area contributed by atoms with Gasteiger partial charge in [-0.05, 0) is 22.0 Å². The zero-order chi connectivity index (χ0) is 10.7. The van der Waals surface area contributed by atoms with Gasteiger partial charge in [0.15, 0.2) is 6.29 Å². The van der Waals surface area contributed by atoms with Crippen molar-refractivity contribution in [2.75, 3.05) is 0 Å². The van der Waals surface area contributed by atoms with E-state index in [-0.39, 0.29) is 15.9 Å². The number of pyridine rings is 1. The maximum absolute atomic E-state index is 12.4. The molecule has 0 saturated carbocycles. The second-order valence-electron chi connectivity index (χ2n) is 2.45. The zero-order valence-electron chi connectivity index (χ0n) is 6.81. The van der Waals surface area contributed by atoms with Gasteiger partial charge in [-0.3, -0.25) is 4.79 Å². The molecular weight excluding hydrogens is 279 g/mol. The van der Waals surface area contributed by atoms with Crippen molar-refractivity contribution < 1.29 is 13.6 Å². The van der Waals surface area contributed by atoms with E-state index < -0.39 is 12.1 Å². The minimum atomic E-state index is -2.78. The first-order valence-electron chi connectivity index (χ1n) is 3.58. The minimum Gasteiger partial charge on any atom is -0.298 e. The van der Waals surface area contributed by atoms with E-state index in [2.05, 4.69) is 20.9 Å². The van der Waals surface area contributed by atoms with Crippen LogP contribution >= 0.6 is 27.5 Å². The predicted molar refractivity (Wildman–Crippen MR) is 51.8 cm³/mol. The van der Waals surface area contributed by atoms with E-state index in [1.807, 2.05) is 0 Å². The number of hydrogen-bond donors (Lipinski definition) is 0. The Kier molecular flexibility index (Phi) is 3.95. The lowest BCUT2D eigenvalue weighted by Crippen LogP contribution is -2.01. The molecule has 0 saturated heterocycles. The van der Waals surface area contributed by atoms with Crippen molar-refractivity contribution in [2.24, 2.45) is 0 Å². The first kappa shape index (κ1) is 11.5. The summed E-state index contributed by atoms with van der Waals surface area (Å²) < 4.78 is 25.1. The highest BCUT2D eigenvalue weighted by atomic mass is 79.9. The summed E-state index contributed by atoms with van der Waals surface area (Å²) in [6.45, 7) is 0. The molecule has 0 bridgehead atoms. The van der Waals surface area contributed by atoms with Gasteiger partial charge in [0.25, 0.3) is 6.43 Å². The molecule has 0 unspecified atom stereocenters. The standard InChI is InChI=1S/C8H5BrClF2NO/c9-6-1-4(2-10)13-7(8(11)12)5(6)3-14/h1,3,8H,2H2. The lowest BCUT2D eigenvalue weighted by molar-refractivity contribution is 0.110. The lowest BCUT2D eigenvalue weighted by atomic mass is 10.2. The van der Waals surface area contributed by atoms with Gasteiger partial charge in [0, 0.05) is 4.47 Å². The number of hydrogen-bond acceptors (Lipinski definition) is 2. The summed E-state index contributed by atoms with van der Waals surface area (Å²) in [6, 6.07) is 1.45. The van der Waals surface area contributed by atoms with Gasteiger partial charge in [-0.2, -0.15) is 0 Å². The molecule has 0 aliphatic heterocycles. The van der Waals surface area contributed by atoms with Crippen LogP contribution in [0.4, 0.5) is 8.78 Å². The van der Waals surface area contributed by atoms with E-state index in [0.29, 0.717) is 12.0 Å². The van der Waals surface area contributed by atoms with Crippen LogP contribution in [-0.4, -0.2) is 11.3 Å². The summed E-state index contributed by atoms with van der Waals surface area (Å²) in [7, 11) is 0. The molecule has 14 heavy (non-hydrogen) atoms. The van der Waals surface area contributed by atoms with E-state index in [1.54, 1.807) is 0 Å². The minimum absolute atomic E-state index is 0.0253. The van der Waals surface area contributed by atoms with Gasteiger partial charge < -0.3 is 0 Å². The Morgan fingerprint density at radius 3 is 2.71 bits per heavy atom. The van der Waals surface area contributed by atoms with Crippen molar-refractivity contribution in [3.63, 3.8) is 0 Å². The van der Waals surface area contributed by atoms with Crippen LogP contribution in [0, 0.1) is 0 Å². The summed E-state index contributed by atoms with van der Waals surface area (Å²) in [4.78, 5) is 14.1. The van der Waals surface area contributed by atoms with Gasteiger partial charge >= 0.3 is 0 Å². The average Bonchev–Trinajstić information content (AvgIpc) is 2.16. The molecule has 2 nitrogen and oxygen atoms in total. The number of rotatable bonds is 3. The first-order chi connectivity index (χ1) is 6.60. The second-order valence-corrected chi connectivity index (χ2v) is 3.57. The molecule has 76 valence electrons. The van der Waals surface area contributed by atoms with E-state index in [4.69, 9.17) is 11.6 Å². The summed E-state index contributed by atoms with van der Waals surface area (Å²) in [6.07, 6.45) is -2.44. The van der Waals surface area contributed by atoms with Crippen LogP contribution in [0.15, 0.2) is 10.5 Å². The number of aldehydes is 1. The normalized spacial score (nSPS) is 10.6. The van der Waals surface area contributed by atoms with E-state index >= 15 is 0 Å². The van der Waals surface area contributed by atoms with Crippen LogP contribution in [0.3, 0.4) is 0 Å². The summed E-state index contributed by atoms with van der Waals surface area (Å²) in [5.74, 6) is 0.0253. The van der Waals surface area contributed by atoms with Crippen molar-refractivity contribution in [1.82, 2.24) is 4.98 Å². The molecule has 0 aliphatic rings. The van der Waals surface area contributed by atoms with E-state index in [1.165, 1.54) is 6.07 Å². The quantitative estimate of drug-likeness (QED) is 0.629. The van der Waals surface area contributed by atoms with Crippen LogP contribution in [0.2, 0.25) is 0 Å². The van der Waals surface area contributed by atoms with Crippen LogP contribution < -0.4 is 0 Å². The van der Waals surface area contributed by atoms with Crippen LogP contribution in [0.5, 0.6) is 0 Å². The zero-order valence-corrected chi connectivity index (χ0v) is 9.15. The molecule has 0 atom stereocenters. The predicted octanol–water partition coefficient (Wildman–Crippen LogP) is 3.33. The molecule has 0 spiro atoms. The maximum atomic E-state index is 12.4. The number of halogens is 4. The van der Waals surface area contributed by atoms with Gasteiger partial charge in [-0.1, -0.05) is 0 Å². The number of aromatic nitrogens is 1. The summed E-state index contributed by atoms with van der Waals surface area (Å²) in [5, 5.41) is 0. The van der Waals surface area contributed by atoms with Gasteiger partial charge in [0.2, 0.25) is 0 Å². The molecule has 0 aromatic carbocycles. The van der Waals surface area contributed by atoms with Gasteiger partial charge in [0.05, 0.1) is 17.1 Å². The molecule has 0 fully saturated rings. The molecular formula is C8H5BrClF2NO. The molecule has 1 heterocycles. The molecule has 1 aromatic rings. The smallest absolute Gasteiger partial charge is 0.281 e.